The van der Waals surface area contributed by atoms with Crippen LogP contribution in [0.15, 0.2) is 4.99 Å². The van der Waals surface area contributed by atoms with Crippen LogP contribution in [0.25, 0.3) is 0 Å². The third-order valence-corrected chi connectivity index (χ3v) is 5.02. The molecule has 0 amide bonds. The molecule has 1 aliphatic carbocycles. The predicted molar refractivity (Wildman–Crippen MR) is 73.1 cm³/mol. The van der Waals surface area contributed by atoms with E-state index in [0.717, 1.165) is 18.4 Å². The number of nitrogens with zero attached hydrogens (tertiary/aromatic N) is 1. The van der Waals surface area contributed by atoms with Crippen molar-refractivity contribution < 1.29 is 0 Å². The number of rotatable bonds is 5. The molecule has 0 aromatic rings. The molecule has 3 heteroatoms. The quantitative estimate of drug-likeness (QED) is 0.797. The minimum absolute atomic E-state index is 0.657. The Morgan fingerprint density at radius 3 is 2.69 bits per heavy atom. The second kappa shape index (κ2) is 5.44. The molecular formula is C13H24N2S. The smallest absolute Gasteiger partial charge is 0.157 e. The first kappa shape index (κ1) is 12.3. The lowest BCUT2D eigenvalue weighted by atomic mass is 10.1. The molecule has 1 fully saturated rings. The monoisotopic (exact) mass is 240 g/mol. The van der Waals surface area contributed by atoms with E-state index < -0.39 is 0 Å². The van der Waals surface area contributed by atoms with Gasteiger partial charge in [0, 0.05) is 11.3 Å². The first-order valence-electron chi connectivity index (χ1n) is 6.66. The highest BCUT2D eigenvalue weighted by Crippen LogP contribution is 2.34. The lowest BCUT2D eigenvalue weighted by Gasteiger charge is -2.18. The molecule has 0 aromatic heterocycles. The summed E-state index contributed by atoms with van der Waals surface area (Å²) in [5.74, 6) is 1.74. The number of thioether (sulfide) groups is 1. The van der Waals surface area contributed by atoms with Crippen molar-refractivity contribution in [1.29, 1.82) is 0 Å². The largest absolute Gasteiger partial charge is 0.362 e. The van der Waals surface area contributed by atoms with Crippen LogP contribution in [0.3, 0.4) is 0 Å². The van der Waals surface area contributed by atoms with Crippen LogP contribution >= 0.6 is 11.8 Å². The Balaban J connectivity index is 1.75. The highest BCUT2D eigenvalue weighted by Gasteiger charge is 2.27. The van der Waals surface area contributed by atoms with Crippen LogP contribution in [0.5, 0.6) is 0 Å². The van der Waals surface area contributed by atoms with E-state index in [2.05, 4.69) is 31.1 Å². The third kappa shape index (κ3) is 3.41. The summed E-state index contributed by atoms with van der Waals surface area (Å²) in [5.41, 5.74) is 0. The standard InChI is InChI=1S/C13H24N2S/c1-4-11(7-10-5-6-10)15-13-14-8-12(16-13)9(2)3/h9-12H,4-8H2,1-3H3,(H,14,15). The summed E-state index contributed by atoms with van der Waals surface area (Å²) < 4.78 is 0. The van der Waals surface area contributed by atoms with E-state index in [0.29, 0.717) is 11.3 Å². The van der Waals surface area contributed by atoms with Crippen LogP contribution in [-0.2, 0) is 0 Å². The highest BCUT2D eigenvalue weighted by molar-refractivity contribution is 8.14. The number of amidine groups is 1. The normalized spacial score (nSPS) is 27.0. The molecule has 0 spiro atoms. The lowest BCUT2D eigenvalue weighted by molar-refractivity contribution is 0.513. The van der Waals surface area contributed by atoms with Crippen LogP contribution in [0, 0.1) is 11.8 Å². The van der Waals surface area contributed by atoms with Crippen molar-refractivity contribution in [3.8, 4) is 0 Å². The number of nitrogens with one attached hydrogen (secondary N) is 1. The average Bonchev–Trinajstić information content (AvgIpc) is 2.93. The summed E-state index contributed by atoms with van der Waals surface area (Å²) in [6.07, 6.45) is 5.48. The Morgan fingerprint density at radius 1 is 1.44 bits per heavy atom. The summed E-state index contributed by atoms with van der Waals surface area (Å²) in [6.45, 7) is 7.86. The van der Waals surface area contributed by atoms with Gasteiger partial charge < -0.3 is 5.32 Å². The molecule has 16 heavy (non-hydrogen) atoms. The van der Waals surface area contributed by atoms with E-state index in [1.807, 2.05) is 11.8 Å². The van der Waals surface area contributed by atoms with Gasteiger partial charge in [-0.15, -0.1) is 0 Å². The summed E-state index contributed by atoms with van der Waals surface area (Å²) in [4.78, 5) is 4.62. The molecule has 0 saturated heterocycles. The molecule has 2 unspecified atom stereocenters. The van der Waals surface area contributed by atoms with Gasteiger partial charge in [-0.25, -0.2) is 0 Å². The summed E-state index contributed by atoms with van der Waals surface area (Å²) in [6, 6.07) is 0.657. The molecule has 2 aliphatic rings. The zero-order valence-electron chi connectivity index (χ0n) is 10.7. The maximum atomic E-state index is 4.62. The van der Waals surface area contributed by atoms with E-state index in [4.69, 9.17) is 0 Å². The van der Waals surface area contributed by atoms with Crippen molar-refractivity contribution in [3.05, 3.63) is 0 Å². The fourth-order valence-electron chi connectivity index (χ4n) is 2.08. The Morgan fingerprint density at radius 2 is 2.19 bits per heavy atom. The first-order chi connectivity index (χ1) is 7.69. The van der Waals surface area contributed by atoms with Crippen LogP contribution in [0.2, 0.25) is 0 Å². The number of hydrogen-bond acceptors (Lipinski definition) is 3. The van der Waals surface area contributed by atoms with E-state index in [9.17, 15) is 0 Å². The number of aliphatic imine (C=N–C) groups is 1. The molecule has 1 N–H and O–H groups in total. The minimum Gasteiger partial charge on any atom is -0.362 e. The fourth-order valence-corrected chi connectivity index (χ4v) is 3.17. The van der Waals surface area contributed by atoms with Gasteiger partial charge in [0.25, 0.3) is 0 Å². The molecule has 2 rings (SSSR count). The SMILES string of the molecule is CCC(CC1CC1)NC1=NCC(C(C)C)S1. The van der Waals surface area contributed by atoms with Crippen molar-refractivity contribution in [2.24, 2.45) is 16.8 Å². The Bertz CT molecular complexity index is 259. The molecule has 1 saturated carbocycles. The van der Waals surface area contributed by atoms with E-state index >= 15 is 0 Å². The van der Waals surface area contributed by atoms with E-state index in [-0.39, 0.29) is 0 Å². The topological polar surface area (TPSA) is 24.4 Å². The summed E-state index contributed by atoms with van der Waals surface area (Å²) in [7, 11) is 0. The maximum Gasteiger partial charge on any atom is 0.157 e. The van der Waals surface area contributed by atoms with Crippen LogP contribution in [-0.4, -0.2) is 23.0 Å². The zero-order chi connectivity index (χ0) is 11.5. The second-order valence-corrected chi connectivity index (χ2v) is 6.70. The van der Waals surface area contributed by atoms with E-state index in [1.165, 1.54) is 30.9 Å². The molecule has 1 aliphatic heterocycles. The van der Waals surface area contributed by atoms with Crippen LogP contribution in [0.4, 0.5) is 0 Å². The molecule has 0 aromatic carbocycles. The molecule has 0 bridgehead atoms. The third-order valence-electron chi connectivity index (χ3n) is 3.56. The first-order valence-corrected chi connectivity index (χ1v) is 7.54. The molecule has 92 valence electrons. The Hall–Kier alpha value is -0.180. The fraction of sp³-hybridized carbons (Fsp3) is 0.923. The van der Waals surface area contributed by atoms with Crippen LogP contribution < -0.4 is 5.32 Å². The Labute approximate surface area is 104 Å². The van der Waals surface area contributed by atoms with Gasteiger partial charge in [-0.2, -0.15) is 0 Å². The van der Waals surface area contributed by atoms with Crippen molar-refractivity contribution in [3.63, 3.8) is 0 Å². The van der Waals surface area contributed by atoms with Gasteiger partial charge in [-0.1, -0.05) is 45.4 Å². The lowest BCUT2D eigenvalue weighted by Crippen LogP contribution is -2.32. The van der Waals surface area contributed by atoms with Gasteiger partial charge in [0.1, 0.15) is 0 Å². The summed E-state index contributed by atoms with van der Waals surface area (Å²) >= 11 is 1.95. The van der Waals surface area contributed by atoms with Gasteiger partial charge >= 0.3 is 0 Å². The van der Waals surface area contributed by atoms with Gasteiger partial charge in [0.2, 0.25) is 0 Å². The van der Waals surface area contributed by atoms with Crippen molar-refractivity contribution in [1.82, 2.24) is 5.32 Å². The van der Waals surface area contributed by atoms with Crippen molar-refractivity contribution in [2.45, 2.75) is 57.7 Å². The van der Waals surface area contributed by atoms with Crippen molar-refractivity contribution >= 4 is 16.9 Å². The van der Waals surface area contributed by atoms with Gasteiger partial charge in [-0.05, 0) is 24.7 Å². The van der Waals surface area contributed by atoms with Gasteiger partial charge in [0.15, 0.2) is 5.17 Å². The highest BCUT2D eigenvalue weighted by atomic mass is 32.2. The van der Waals surface area contributed by atoms with E-state index in [1.54, 1.807) is 0 Å². The molecule has 1 heterocycles. The van der Waals surface area contributed by atoms with Crippen molar-refractivity contribution in [2.75, 3.05) is 6.54 Å². The zero-order valence-corrected chi connectivity index (χ0v) is 11.5. The number of hydrogen-bond donors (Lipinski definition) is 1. The van der Waals surface area contributed by atoms with Gasteiger partial charge in [-0.3, -0.25) is 4.99 Å². The molecule has 2 nitrogen and oxygen atoms in total. The Kier molecular flexibility index (Phi) is 4.17. The van der Waals surface area contributed by atoms with Gasteiger partial charge in [0.05, 0.1) is 6.54 Å². The second-order valence-electron chi connectivity index (χ2n) is 5.47. The molecular weight excluding hydrogens is 216 g/mol. The minimum atomic E-state index is 0.657. The summed E-state index contributed by atoms with van der Waals surface area (Å²) in [5, 5.41) is 5.53. The average molecular weight is 240 g/mol. The predicted octanol–water partition coefficient (Wildman–Crippen LogP) is 3.28. The molecule has 2 atom stereocenters. The molecule has 0 radical (unpaired) electrons. The maximum absolute atomic E-state index is 4.62. The van der Waals surface area contributed by atoms with Crippen LogP contribution in [0.1, 0.15) is 46.5 Å².